The highest BCUT2D eigenvalue weighted by molar-refractivity contribution is 5.96. The van der Waals surface area contributed by atoms with Crippen LogP contribution in [0.3, 0.4) is 0 Å². The van der Waals surface area contributed by atoms with Gasteiger partial charge in [0, 0.05) is 24.8 Å². The monoisotopic (exact) mass is 179 g/mol. The van der Waals surface area contributed by atoms with Gasteiger partial charge in [-0.25, -0.2) is 0 Å². The second-order valence-corrected chi connectivity index (χ2v) is 3.52. The van der Waals surface area contributed by atoms with Crippen molar-refractivity contribution in [2.75, 3.05) is 0 Å². The molecule has 70 valence electrons. The molecule has 0 unspecified atom stereocenters. The highest BCUT2D eigenvalue weighted by Crippen LogP contribution is 2.27. The van der Waals surface area contributed by atoms with Crippen molar-refractivity contribution < 1.29 is 9.90 Å². The summed E-state index contributed by atoms with van der Waals surface area (Å²) in [5.41, 5.74) is 0.472. The number of carbonyl (C=O) groups excluding carboxylic acids is 1. The largest absolute Gasteiger partial charge is 0.512 e. The molecule has 0 bridgehead atoms. The van der Waals surface area contributed by atoms with Crippen LogP contribution in [-0.2, 0) is 4.79 Å². The molecule has 0 spiro atoms. The van der Waals surface area contributed by atoms with Gasteiger partial charge in [0.05, 0.1) is 11.8 Å². The molecular weight excluding hydrogens is 166 g/mol. The Kier molecular flexibility index (Phi) is 3.07. The molecule has 1 aliphatic rings. The first-order valence-electron chi connectivity index (χ1n) is 4.46. The number of rotatable bonds is 2. The van der Waals surface area contributed by atoms with Crippen LogP contribution >= 0.6 is 0 Å². The predicted molar refractivity (Wildman–Crippen MR) is 47.9 cm³/mol. The molecule has 3 nitrogen and oxygen atoms in total. The number of nitriles is 1. The zero-order chi connectivity index (χ0) is 9.84. The summed E-state index contributed by atoms with van der Waals surface area (Å²) in [6.07, 6.45) is 1.78. The van der Waals surface area contributed by atoms with Crippen LogP contribution in [0.2, 0.25) is 0 Å². The molecule has 0 aromatic heterocycles. The summed E-state index contributed by atoms with van der Waals surface area (Å²) in [5, 5.41) is 17.8. The van der Waals surface area contributed by atoms with E-state index in [2.05, 4.69) is 0 Å². The average molecular weight is 179 g/mol. The van der Waals surface area contributed by atoms with E-state index in [1.165, 1.54) is 0 Å². The van der Waals surface area contributed by atoms with Gasteiger partial charge in [-0.15, -0.1) is 0 Å². The van der Waals surface area contributed by atoms with E-state index in [1.54, 1.807) is 0 Å². The Labute approximate surface area is 77.7 Å². The highest BCUT2D eigenvalue weighted by atomic mass is 16.3. The fraction of sp³-hybridized carbons (Fsp3) is 0.600. The van der Waals surface area contributed by atoms with Crippen LogP contribution in [0.15, 0.2) is 11.3 Å². The highest BCUT2D eigenvalue weighted by Gasteiger charge is 2.24. The summed E-state index contributed by atoms with van der Waals surface area (Å²) in [6, 6.07) is 1.97. The third kappa shape index (κ3) is 2.32. The Morgan fingerprint density at radius 1 is 1.62 bits per heavy atom. The lowest BCUT2D eigenvalue weighted by Gasteiger charge is -2.19. The normalized spacial score (nSPS) is 23.1. The molecule has 1 rings (SSSR count). The molecule has 0 aromatic carbocycles. The first kappa shape index (κ1) is 9.79. The van der Waals surface area contributed by atoms with Crippen molar-refractivity contribution in [2.45, 2.75) is 32.6 Å². The molecule has 1 N–H and O–H groups in total. The van der Waals surface area contributed by atoms with Gasteiger partial charge < -0.3 is 5.11 Å². The SMILES string of the molecule is C[C@H]1CC(=O)C(CCC#N)=C(O)C1. The van der Waals surface area contributed by atoms with Gasteiger partial charge in [0.15, 0.2) is 5.78 Å². The third-order valence-corrected chi connectivity index (χ3v) is 2.25. The fourth-order valence-corrected chi connectivity index (χ4v) is 1.59. The summed E-state index contributed by atoms with van der Waals surface area (Å²) in [4.78, 5) is 11.4. The van der Waals surface area contributed by atoms with Crippen molar-refractivity contribution in [2.24, 2.45) is 5.92 Å². The number of ketones is 1. The minimum atomic E-state index is 0.00602. The second kappa shape index (κ2) is 4.08. The molecule has 0 heterocycles. The van der Waals surface area contributed by atoms with Crippen molar-refractivity contribution >= 4 is 5.78 Å². The number of carbonyl (C=O) groups is 1. The van der Waals surface area contributed by atoms with E-state index in [1.807, 2.05) is 13.0 Å². The molecule has 1 aliphatic carbocycles. The van der Waals surface area contributed by atoms with E-state index in [-0.39, 0.29) is 17.5 Å². The van der Waals surface area contributed by atoms with E-state index in [0.717, 1.165) is 0 Å². The Morgan fingerprint density at radius 2 is 2.31 bits per heavy atom. The number of aliphatic hydroxyl groups is 1. The second-order valence-electron chi connectivity index (χ2n) is 3.52. The molecule has 0 amide bonds. The van der Waals surface area contributed by atoms with Crippen LogP contribution in [0.4, 0.5) is 0 Å². The quantitative estimate of drug-likeness (QED) is 0.706. The summed E-state index contributed by atoms with van der Waals surface area (Å²) < 4.78 is 0. The lowest BCUT2D eigenvalue weighted by molar-refractivity contribution is -0.117. The molecule has 0 aromatic rings. The molecule has 13 heavy (non-hydrogen) atoms. The number of hydrogen-bond donors (Lipinski definition) is 1. The van der Waals surface area contributed by atoms with Gasteiger partial charge in [-0.3, -0.25) is 4.79 Å². The van der Waals surface area contributed by atoms with Crippen LogP contribution in [0, 0.1) is 17.2 Å². The Hall–Kier alpha value is -1.30. The van der Waals surface area contributed by atoms with Crippen molar-refractivity contribution in [3.05, 3.63) is 11.3 Å². The summed E-state index contributed by atoms with van der Waals surface area (Å²) in [7, 11) is 0. The smallest absolute Gasteiger partial charge is 0.162 e. The van der Waals surface area contributed by atoms with Gasteiger partial charge in [0.1, 0.15) is 0 Å². The van der Waals surface area contributed by atoms with Crippen molar-refractivity contribution in [3.8, 4) is 6.07 Å². The summed E-state index contributed by atoms with van der Waals surface area (Å²) in [5.74, 6) is 0.434. The third-order valence-electron chi connectivity index (χ3n) is 2.25. The van der Waals surface area contributed by atoms with Gasteiger partial charge in [0.25, 0.3) is 0 Å². The van der Waals surface area contributed by atoms with Gasteiger partial charge in [0.2, 0.25) is 0 Å². The number of Topliss-reactive ketones (excluding diaryl/α,β-unsaturated/α-hetero) is 1. The van der Waals surface area contributed by atoms with Crippen LogP contribution in [-0.4, -0.2) is 10.9 Å². The average Bonchev–Trinajstić information content (AvgIpc) is 2.02. The predicted octanol–water partition coefficient (Wildman–Crippen LogP) is 2.10. The maximum Gasteiger partial charge on any atom is 0.162 e. The molecule has 0 radical (unpaired) electrons. The number of aliphatic hydroxyl groups excluding tert-OH is 1. The molecule has 0 saturated carbocycles. The Morgan fingerprint density at radius 3 is 2.85 bits per heavy atom. The molecule has 0 saturated heterocycles. The van der Waals surface area contributed by atoms with Gasteiger partial charge in [-0.05, 0) is 12.3 Å². The summed E-state index contributed by atoms with van der Waals surface area (Å²) in [6.45, 7) is 1.94. The van der Waals surface area contributed by atoms with E-state index in [0.29, 0.717) is 31.3 Å². The molecule has 0 aliphatic heterocycles. The first-order valence-corrected chi connectivity index (χ1v) is 4.46. The zero-order valence-corrected chi connectivity index (χ0v) is 7.71. The van der Waals surface area contributed by atoms with E-state index < -0.39 is 0 Å². The lowest BCUT2D eigenvalue weighted by atomic mass is 9.86. The fourth-order valence-electron chi connectivity index (χ4n) is 1.59. The number of allylic oxidation sites excluding steroid dienone is 2. The minimum absolute atomic E-state index is 0.00602. The van der Waals surface area contributed by atoms with Crippen molar-refractivity contribution in [1.82, 2.24) is 0 Å². The standard InChI is InChI=1S/C10H13NO2/c1-7-5-9(12)8(3-2-4-11)10(13)6-7/h7,12H,2-3,5-6H2,1H3/t7-/m1/s1. The first-order chi connectivity index (χ1) is 6.15. The van der Waals surface area contributed by atoms with Gasteiger partial charge >= 0.3 is 0 Å². The number of nitrogens with zero attached hydrogens (tertiary/aromatic N) is 1. The van der Waals surface area contributed by atoms with Gasteiger partial charge in [-0.2, -0.15) is 5.26 Å². The van der Waals surface area contributed by atoms with Crippen molar-refractivity contribution in [3.63, 3.8) is 0 Å². The minimum Gasteiger partial charge on any atom is -0.512 e. The summed E-state index contributed by atoms with van der Waals surface area (Å²) >= 11 is 0. The molecule has 3 heteroatoms. The number of hydrogen-bond acceptors (Lipinski definition) is 3. The molecular formula is C10H13NO2. The Balaban J connectivity index is 2.74. The van der Waals surface area contributed by atoms with Crippen LogP contribution in [0.1, 0.15) is 32.6 Å². The van der Waals surface area contributed by atoms with Crippen LogP contribution in [0.5, 0.6) is 0 Å². The topological polar surface area (TPSA) is 61.1 Å². The molecule has 1 atom stereocenters. The maximum atomic E-state index is 11.4. The van der Waals surface area contributed by atoms with Crippen molar-refractivity contribution in [1.29, 1.82) is 5.26 Å². The van der Waals surface area contributed by atoms with E-state index in [4.69, 9.17) is 5.26 Å². The van der Waals surface area contributed by atoms with Crippen LogP contribution in [0.25, 0.3) is 0 Å². The lowest BCUT2D eigenvalue weighted by Crippen LogP contribution is -2.17. The van der Waals surface area contributed by atoms with E-state index in [9.17, 15) is 9.90 Å². The Bertz CT molecular complexity index is 286. The van der Waals surface area contributed by atoms with Crippen LogP contribution < -0.4 is 0 Å². The zero-order valence-electron chi connectivity index (χ0n) is 7.71. The maximum absolute atomic E-state index is 11.4. The van der Waals surface area contributed by atoms with E-state index >= 15 is 0 Å². The molecule has 0 fully saturated rings. The van der Waals surface area contributed by atoms with Gasteiger partial charge in [-0.1, -0.05) is 6.92 Å².